The Hall–Kier alpha value is -4.22. The molecule has 1 saturated heterocycles. The van der Waals surface area contributed by atoms with Crippen molar-refractivity contribution in [3.63, 3.8) is 0 Å². The molecule has 1 atom stereocenters. The third-order valence-corrected chi connectivity index (χ3v) is 8.63. The second-order valence-corrected chi connectivity index (χ2v) is 11.6. The highest BCUT2D eigenvalue weighted by atomic mass is 19.3. The van der Waals surface area contributed by atoms with E-state index in [-0.39, 0.29) is 34.0 Å². The zero-order valence-electron chi connectivity index (χ0n) is 23.6. The van der Waals surface area contributed by atoms with Gasteiger partial charge in [0.05, 0.1) is 30.2 Å². The van der Waals surface area contributed by atoms with E-state index >= 15 is 4.39 Å². The smallest absolute Gasteiger partial charge is 0.282 e. The molecule has 12 heteroatoms. The lowest BCUT2D eigenvalue weighted by Gasteiger charge is -2.38. The van der Waals surface area contributed by atoms with Gasteiger partial charge in [-0.05, 0) is 48.9 Å². The lowest BCUT2D eigenvalue weighted by atomic mass is 9.79. The van der Waals surface area contributed by atoms with Crippen LogP contribution in [0.25, 0.3) is 22.2 Å². The monoisotopic (exact) mass is 579 g/mol. The van der Waals surface area contributed by atoms with Crippen LogP contribution in [0.5, 0.6) is 0 Å². The molecule has 3 aromatic heterocycles. The summed E-state index contributed by atoms with van der Waals surface area (Å²) >= 11 is 0. The lowest BCUT2D eigenvalue weighted by Crippen LogP contribution is -2.58. The molecule has 1 unspecified atom stereocenters. The van der Waals surface area contributed by atoms with Crippen molar-refractivity contribution in [3.05, 3.63) is 65.8 Å². The average molecular weight is 580 g/mol. The van der Waals surface area contributed by atoms with Crippen molar-refractivity contribution in [2.75, 3.05) is 13.1 Å². The van der Waals surface area contributed by atoms with E-state index in [0.29, 0.717) is 23.0 Å². The van der Waals surface area contributed by atoms with Crippen LogP contribution < -0.4 is 5.32 Å². The lowest BCUT2D eigenvalue weighted by molar-refractivity contribution is -0.113. The summed E-state index contributed by atoms with van der Waals surface area (Å²) in [5, 5.41) is 7.26. The predicted molar refractivity (Wildman–Crippen MR) is 149 cm³/mol. The molecule has 2 aliphatic rings. The van der Waals surface area contributed by atoms with Gasteiger partial charge in [-0.2, -0.15) is 5.10 Å². The van der Waals surface area contributed by atoms with Crippen molar-refractivity contribution >= 4 is 22.8 Å². The van der Waals surface area contributed by atoms with E-state index in [1.807, 2.05) is 0 Å². The average Bonchev–Trinajstić information content (AvgIpc) is 3.53. The van der Waals surface area contributed by atoms with E-state index in [4.69, 9.17) is 4.98 Å². The number of carbonyl (C=O) groups is 2. The fourth-order valence-electron chi connectivity index (χ4n) is 6.21. The summed E-state index contributed by atoms with van der Waals surface area (Å²) in [6, 6.07) is 5.78. The number of rotatable bonds is 6. The molecular weight excluding hydrogens is 547 g/mol. The number of benzene rings is 1. The molecule has 4 heterocycles. The van der Waals surface area contributed by atoms with Crippen molar-refractivity contribution in [1.82, 2.24) is 34.5 Å². The molecular formula is C30H32F3N7O2. The number of likely N-dealkylation sites (tertiary alicyclic amines) is 1. The van der Waals surface area contributed by atoms with Crippen LogP contribution >= 0.6 is 0 Å². The second kappa shape index (κ2) is 10.6. The van der Waals surface area contributed by atoms with Gasteiger partial charge in [-0.3, -0.25) is 19.3 Å². The van der Waals surface area contributed by atoms with Gasteiger partial charge in [-0.25, -0.2) is 18.2 Å². The molecule has 1 aliphatic heterocycles. The Morgan fingerprint density at radius 1 is 1.02 bits per heavy atom. The number of carbonyl (C=O) groups excluding carboxylic acids is 2. The number of nitrogens with zero attached hydrogens (tertiary/aromatic N) is 6. The molecule has 2 amide bonds. The Bertz CT molecular complexity index is 1660. The number of aromatic nitrogens is 5. The molecule has 1 saturated carbocycles. The maximum absolute atomic E-state index is 16.4. The number of aryl methyl sites for hydroxylation is 2. The van der Waals surface area contributed by atoms with Crippen LogP contribution in [0.15, 0.2) is 42.9 Å². The molecule has 0 spiro atoms. The van der Waals surface area contributed by atoms with E-state index in [2.05, 4.69) is 22.3 Å². The van der Waals surface area contributed by atoms with E-state index in [1.165, 1.54) is 29.2 Å². The minimum absolute atomic E-state index is 0.0961. The third-order valence-electron chi connectivity index (χ3n) is 8.63. The molecule has 4 aromatic rings. The zero-order chi connectivity index (χ0) is 29.8. The van der Waals surface area contributed by atoms with Crippen molar-refractivity contribution in [1.29, 1.82) is 0 Å². The van der Waals surface area contributed by atoms with Gasteiger partial charge in [-0.15, -0.1) is 0 Å². The van der Waals surface area contributed by atoms with Crippen molar-refractivity contribution in [2.24, 2.45) is 25.9 Å². The van der Waals surface area contributed by atoms with Crippen LogP contribution in [0.1, 0.15) is 65.3 Å². The van der Waals surface area contributed by atoms with E-state index in [9.17, 15) is 18.4 Å². The molecule has 0 radical (unpaired) electrons. The topological polar surface area (TPSA) is 97.9 Å². The van der Waals surface area contributed by atoms with Crippen LogP contribution in [0.4, 0.5) is 13.2 Å². The van der Waals surface area contributed by atoms with Crippen molar-refractivity contribution in [3.8, 4) is 11.1 Å². The summed E-state index contributed by atoms with van der Waals surface area (Å²) in [4.78, 5) is 36.3. The fraction of sp³-hybridized carbons (Fsp3) is 0.433. The van der Waals surface area contributed by atoms with Gasteiger partial charge >= 0.3 is 0 Å². The van der Waals surface area contributed by atoms with Crippen LogP contribution in [-0.4, -0.2) is 60.0 Å². The number of imidazole rings is 1. The molecule has 2 fully saturated rings. The minimum Gasteiger partial charge on any atom is -0.340 e. The Morgan fingerprint density at radius 2 is 1.76 bits per heavy atom. The standard InChI is InChI=1S/C30H32F3N7O2/c1-17-4-6-18(7-5-17)25(37-28(41)23-11-13-35-39(23)3)27-36-22-9-8-19(24(31)26(22)38(27)2)21-14-34-12-10-20(21)29(42)40-15-30(32,33)16-40/h8-14,17-18,25H,4-7,15-16H2,1-3H3,(H,37,41). The fourth-order valence-corrected chi connectivity index (χ4v) is 6.21. The molecule has 0 bridgehead atoms. The summed E-state index contributed by atoms with van der Waals surface area (Å²) in [5.41, 5.74) is 1.44. The van der Waals surface area contributed by atoms with E-state index in [1.54, 1.807) is 37.0 Å². The summed E-state index contributed by atoms with van der Waals surface area (Å²) in [7, 11) is 3.41. The number of halogens is 3. The first-order valence-corrected chi connectivity index (χ1v) is 14.1. The van der Waals surface area contributed by atoms with Crippen molar-refractivity contribution in [2.45, 2.75) is 44.6 Å². The maximum Gasteiger partial charge on any atom is 0.282 e. The van der Waals surface area contributed by atoms with Crippen molar-refractivity contribution < 1.29 is 22.8 Å². The predicted octanol–water partition coefficient (Wildman–Crippen LogP) is 4.90. The van der Waals surface area contributed by atoms with Gasteiger partial charge < -0.3 is 14.8 Å². The number of hydrogen-bond acceptors (Lipinski definition) is 5. The minimum atomic E-state index is -2.92. The largest absolute Gasteiger partial charge is 0.340 e. The molecule has 1 aromatic carbocycles. The Morgan fingerprint density at radius 3 is 2.43 bits per heavy atom. The first-order chi connectivity index (χ1) is 20.0. The summed E-state index contributed by atoms with van der Waals surface area (Å²) in [5.74, 6) is -3.20. The SMILES string of the molecule is CC1CCC(C(NC(=O)c2ccnn2C)c2nc3ccc(-c4cnccc4C(=O)N4CC(F)(F)C4)c(F)c3n2C)CC1. The second-order valence-electron chi connectivity index (χ2n) is 11.6. The number of alkyl halides is 2. The number of nitrogens with one attached hydrogen (secondary N) is 1. The Balaban J connectivity index is 1.39. The highest BCUT2D eigenvalue weighted by molar-refractivity contribution is 6.02. The van der Waals surface area contributed by atoms with Crippen LogP contribution in [0.2, 0.25) is 0 Å². The van der Waals surface area contributed by atoms with Gasteiger partial charge in [0.2, 0.25) is 0 Å². The van der Waals surface area contributed by atoms with Gasteiger partial charge in [0.15, 0.2) is 5.82 Å². The first kappa shape index (κ1) is 27.9. The molecule has 1 aliphatic carbocycles. The zero-order valence-corrected chi connectivity index (χ0v) is 23.6. The van der Waals surface area contributed by atoms with Gasteiger partial charge in [0.25, 0.3) is 17.7 Å². The summed E-state index contributed by atoms with van der Waals surface area (Å²) in [6.45, 7) is 0.870. The van der Waals surface area contributed by atoms with Gasteiger partial charge in [0.1, 0.15) is 17.0 Å². The first-order valence-electron chi connectivity index (χ1n) is 14.1. The van der Waals surface area contributed by atoms with Gasteiger partial charge in [-0.1, -0.05) is 19.8 Å². The van der Waals surface area contributed by atoms with Crippen LogP contribution in [-0.2, 0) is 14.1 Å². The molecule has 1 N–H and O–H groups in total. The Labute approximate surface area is 240 Å². The number of hydrogen-bond donors (Lipinski definition) is 1. The highest BCUT2D eigenvalue weighted by Crippen LogP contribution is 2.39. The normalized spacial score (nSPS) is 20.8. The third kappa shape index (κ3) is 4.92. The molecule has 6 rings (SSSR count). The number of amides is 2. The Kier molecular flexibility index (Phi) is 7.02. The van der Waals surface area contributed by atoms with Crippen LogP contribution in [0.3, 0.4) is 0 Å². The van der Waals surface area contributed by atoms with Crippen LogP contribution in [0, 0.1) is 17.7 Å². The van der Waals surface area contributed by atoms with Gasteiger partial charge in [0, 0.05) is 43.8 Å². The number of pyridine rings is 1. The van der Waals surface area contributed by atoms with E-state index < -0.39 is 36.8 Å². The molecule has 42 heavy (non-hydrogen) atoms. The quantitative estimate of drug-likeness (QED) is 0.351. The summed E-state index contributed by atoms with van der Waals surface area (Å²) in [6.07, 6.45) is 8.14. The highest BCUT2D eigenvalue weighted by Gasteiger charge is 2.46. The molecule has 220 valence electrons. The maximum atomic E-state index is 16.4. The van der Waals surface area contributed by atoms with E-state index in [0.717, 1.165) is 30.6 Å². The molecule has 9 nitrogen and oxygen atoms in total. The number of fused-ring (bicyclic) bond motifs is 1. The summed E-state index contributed by atoms with van der Waals surface area (Å²) < 4.78 is 46.4.